The zero-order chi connectivity index (χ0) is 34.5. The first kappa shape index (κ1) is 29.3. The summed E-state index contributed by atoms with van der Waals surface area (Å²) in [6.07, 6.45) is 0. The molecule has 0 bridgehead atoms. The fourth-order valence-electron chi connectivity index (χ4n) is 6.89. The standard InChI is InChI=1S/C42H18N8/c1-47-30-8-12-38-34(19-30)35-20-31(48-2)9-13-39(35)50(38)41-18-28(24-46)17-40(42(41)29-5-3-4-25(14-29)21-43)49-36-10-6-26(22-44)15-32(36)33-16-27(23-45)7-11-37(33)49/h3-20H. The van der Waals surface area contributed by atoms with Gasteiger partial charge in [-0.15, -0.1) is 0 Å². The Bertz CT molecular complexity index is 2750. The van der Waals surface area contributed by atoms with E-state index in [1.807, 2.05) is 75.9 Å². The number of hydrogen-bond acceptors (Lipinski definition) is 4. The Balaban J connectivity index is 1.61. The Morgan fingerprint density at radius 1 is 0.440 bits per heavy atom. The van der Waals surface area contributed by atoms with Gasteiger partial charge in [-0.05, 0) is 101 Å². The predicted octanol–water partition coefficient (Wildman–Crippen LogP) is 10.1. The zero-order valence-corrected chi connectivity index (χ0v) is 26.0. The molecule has 2 heterocycles. The van der Waals surface area contributed by atoms with Gasteiger partial charge in [-0.25, -0.2) is 9.69 Å². The Labute approximate surface area is 285 Å². The first-order valence-electron chi connectivity index (χ1n) is 15.3. The average molecular weight is 635 g/mol. The first-order chi connectivity index (χ1) is 24.5. The molecule has 226 valence electrons. The zero-order valence-electron chi connectivity index (χ0n) is 26.0. The molecule has 8 nitrogen and oxygen atoms in total. The molecular weight excluding hydrogens is 617 g/mol. The molecule has 0 saturated carbocycles. The highest BCUT2D eigenvalue weighted by molar-refractivity contribution is 6.13. The smallest absolute Gasteiger partial charge is 0.188 e. The average Bonchev–Trinajstić information content (AvgIpc) is 3.67. The largest absolute Gasteiger partial charge is 0.309 e. The van der Waals surface area contributed by atoms with Crippen molar-refractivity contribution in [2.45, 2.75) is 0 Å². The van der Waals surface area contributed by atoms with E-state index in [1.165, 1.54) is 0 Å². The monoisotopic (exact) mass is 634 g/mol. The second-order valence-electron chi connectivity index (χ2n) is 11.7. The summed E-state index contributed by atoms with van der Waals surface area (Å²) in [5.41, 5.74) is 8.48. The summed E-state index contributed by atoms with van der Waals surface area (Å²) < 4.78 is 4.08. The summed E-state index contributed by atoms with van der Waals surface area (Å²) >= 11 is 0. The third kappa shape index (κ3) is 4.33. The Kier molecular flexibility index (Phi) is 6.60. The van der Waals surface area contributed by atoms with Gasteiger partial charge in [0.2, 0.25) is 0 Å². The van der Waals surface area contributed by atoms with E-state index in [9.17, 15) is 21.0 Å². The number of rotatable bonds is 3. The summed E-state index contributed by atoms with van der Waals surface area (Å²) in [6.45, 7) is 15.3. The summed E-state index contributed by atoms with van der Waals surface area (Å²) in [6, 6.07) is 41.7. The topological polar surface area (TPSA) is 114 Å². The van der Waals surface area contributed by atoms with Crippen molar-refractivity contribution in [3.8, 4) is 46.8 Å². The van der Waals surface area contributed by atoms with E-state index in [0.717, 1.165) is 54.7 Å². The van der Waals surface area contributed by atoms with Crippen molar-refractivity contribution in [1.82, 2.24) is 9.13 Å². The van der Waals surface area contributed by atoms with Crippen molar-refractivity contribution in [1.29, 1.82) is 21.0 Å². The molecule has 0 fully saturated rings. The molecule has 0 aliphatic carbocycles. The molecule has 8 heteroatoms. The lowest BCUT2D eigenvalue weighted by atomic mass is 9.96. The van der Waals surface area contributed by atoms with Gasteiger partial charge in [0.25, 0.3) is 0 Å². The van der Waals surface area contributed by atoms with E-state index in [2.05, 4.69) is 34.0 Å². The van der Waals surface area contributed by atoms with E-state index >= 15 is 0 Å². The number of nitriles is 4. The van der Waals surface area contributed by atoms with Gasteiger partial charge < -0.3 is 9.13 Å². The van der Waals surface area contributed by atoms with E-state index in [-0.39, 0.29) is 0 Å². The van der Waals surface area contributed by atoms with Crippen molar-refractivity contribution >= 4 is 55.0 Å². The first-order valence-corrected chi connectivity index (χ1v) is 15.3. The summed E-state index contributed by atoms with van der Waals surface area (Å²) in [4.78, 5) is 7.31. The minimum atomic E-state index is 0.373. The van der Waals surface area contributed by atoms with Gasteiger partial charge >= 0.3 is 0 Å². The van der Waals surface area contributed by atoms with Gasteiger partial charge in [-0.3, -0.25) is 0 Å². The Morgan fingerprint density at radius 3 is 1.30 bits per heavy atom. The molecule has 2 aromatic heterocycles. The van der Waals surface area contributed by atoms with Crippen LogP contribution in [0.4, 0.5) is 11.4 Å². The molecule has 0 unspecified atom stereocenters. The molecule has 0 amide bonds. The second-order valence-corrected chi connectivity index (χ2v) is 11.7. The van der Waals surface area contributed by atoms with Crippen LogP contribution in [-0.2, 0) is 0 Å². The van der Waals surface area contributed by atoms with E-state index in [1.54, 1.807) is 42.5 Å². The van der Waals surface area contributed by atoms with E-state index in [4.69, 9.17) is 13.1 Å². The van der Waals surface area contributed by atoms with Crippen LogP contribution in [0.1, 0.15) is 22.3 Å². The third-order valence-electron chi connectivity index (χ3n) is 9.00. The maximum atomic E-state index is 10.5. The minimum absolute atomic E-state index is 0.373. The van der Waals surface area contributed by atoms with Crippen molar-refractivity contribution in [3.05, 3.63) is 154 Å². The van der Waals surface area contributed by atoms with Gasteiger partial charge in [0.05, 0.1) is 93.1 Å². The molecule has 0 spiro atoms. The van der Waals surface area contributed by atoms with Crippen LogP contribution in [-0.4, -0.2) is 9.13 Å². The van der Waals surface area contributed by atoms with Crippen LogP contribution in [0.25, 0.3) is 75.8 Å². The second kappa shape index (κ2) is 11.3. The number of benzene rings is 6. The molecule has 0 saturated heterocycles. The number of fused-ring (bicyclic) bond motifs is 6. The predicted molar refractivity (Wildman–Crippen MR) is 192 cm³/mol. The number of hydrogen-bond donors (Lipinski definition) is 0. The van der Waals surface area contributed by atoms with Crippen LogP contribution >= 0.6 is 0 Å². The summed E-state index contributed by atoms with van der Waals surface area (Å²) in [7, 11) is 0. The molecule has 6 aromatic carbocycles. The van der Waals surface area contributed by atoms with Crippen LogP contribution in [0.15, 0.2) is 109 Å². The highest BCUT2D eigenvalue weighted by Crippen LogP contribution is 2.44. The lowest BCUT2D eigenvalue weighted by Crippen LogP contribution is -2.05. The quantitative estimate of drug-likeness (QED) is 0.180. The normalized spacial score (nSPS) is 10.7. The Hall–Kier alpha value is -8.14. The van der Waals surface area contributed by atoms with Crippen molar-refractivity contribution in [2.75, 3.05) is 0 Å². The molecule has 8 rings (SSSR count). The van der Waals surface area contributed by atoms with Crippen molar-refractivity contribution in [3.63, 3.8) is 0 Å². The van der Waals surface area contributed by atoms with Crippen LogP contribution < -0.4 is 0 Å². The molecule has 0 radical (unpaired) electrons. The van der Waals surface area contributed by atoms with Crippen molar-refractivity contribution in [2.24, 2.45) is 0 Å². The van der Waals surface area contributed by atoms with Gasteiger partial charge in [-0.1, -0.05) is 24.3 Å². The molecule has 50 heavy (non-hydrogen) atoms. The third-order valence-corrected chi connectivity index (χ3v) is 9.00. The number of aromatic nitrogens is 2. The van der Waals surface area contributed by atoms with E-state index in [0.29, 0.717) is 45.0 Å². The van der Waals surface area contributed by atoms with Gasteiger partial charge in [-0.2, -0.15) is 21.0 Å². The van der Waals surface area contributed by atoms with Crippen LogP contribution in [0.3, 0.4) is 0 Å². The summed E-state index contributed by atoms with van der Waals surface area (Å²) in [5.74, 6) is 0. The molecule has 0 N–H and O–H groups in total. The molecule has 0 atom stereocenters. The maximum absolute atomic E-state index is 10.5. The molecular formula is C42H18N8. The van der Waals surface area contributed by atoms with Gasteiger partial charge in [0.1, 0.15) is 0 Å². The lowest BCUT2D eigenvalue weighted by molar-refractivity contribution is 1.13. The fourth-order valence-corrected chi connectivity index (χ4v) is 6.89. The molecule has 8 aromatic rings. The number of nitrogens with zero attached hydrogens (tertiary/aromatic N) is 8. The van der Waals surface area contributed by atoms with Gasteiger partial charge in [0, 0.05) is 16.3 Å². The highest BCUT2D eigenvalue weighted by Gasteiger charge is 2.24. The van der Waals surface area contributed by atoms with Crippen LogP contribution in [0.5, 0.6) is 0 Å². The highest BCUT2D eigenvalue weighted by atomic mass is 15.0. The molecule has 0 aliphatic rings. The van der Waals surface area contributed by atoms with Crippen LogP contribution in [0.2, 0.25) is 0 Å². The minimum Gasteiger partial charge on any atom is -0.309 e. The van der Waals surface area contributed by atoms with Gasteiger partial charge in [0.15, 0.2) is 11.4 Å². The maximum Gasteiger partial charge on any atom is 0.188 e. The SMILES string of the molecule is [C-]#[N+]c1ccc2c(c1)c1cc([N+]#[C-])ccc1n2-c1cc(C#N)cc(-n2c3ccc(C#N)cc3c3cc(C#N)ccc32)c1-c1cccc(C#N)c1. The summed E-state index contributed by atoms with van der Waals surface area (Å²) in [5, 5.41) is 43.1. The lowest BCUT2D eigenvalue weighted by Gasteiger charge is -2.21. The van der Waals surface area contributed by atoms with Crippen molar-refractivity contribution < 1.29 is 0 Å². The van der Waals surface area contributed by atoms with Crippen LogP contribution in [0, 0.1) is 58.5 Å². The van der Waals surface area contributed by atoms with E-state index < -0.39 is 0 Å². The molecule has 0 aliphatic heterocycles. The Morgan fingerprint density at radius 2 is 0.860 bits per heavy atom. The fraction of sp³-hybridized carbons (Fsp3) is 0.